The lowest BCUT2D eigenvalue weighted by atomic mass is 9.67. The smallest absolute Gasteiger partial charge is 0.309 e. The largest absolute Gasteiger partial charge is 0.469 e. The highest BCUT2D eigenvalue weighted by molar-refractivity contribution is 5.73. The normalized spacial score (nSPS) is 32.6. The van der Waals surface area contributed by atoms with Crippen molar-refractivity contribution in [1.29, 1.82) is 0 Å². The molecule has 0 bridgehead atoms. The van der Waals surface area contributed by atoms with Crippen LogP contribution in [-0.2, 0) is 9.53 Å². The van der Waals surface area contributed by atoms with Crippen LogP contribution in [0.2, 0.25) is 0 Å². The quantitative estimate of drug-likeness (QED) is 0.627. The van der Waals surface area contributed by atoms with E-state index in [1.807, 2.05) is 0 Å². The maximum absolute atomic E-state index is 11.4. The second-order valence-electron chi connectivity index (χ2n) is 4.61. The number of carbonyl (C=O) groups excluding carboxylic acids is 1. The minimum atomic E-state index is -0.0862. The summed E-state index contributed by atoms with van der Waals surface area (Å²) in [5.41, 5.74) is 5.85. The van der Waals surface area contributed by atoms with Crippen LogP contribution in [0.5, 0.6) is 0 Å². The van der Waals surface area contributed by atoms with Gasteiger partial charge in [0, 0.05) is 6.04 Å². The van der Waals surface area contributed by atoms with Gasteiger partial charge in [0.1, 0.15) is 0 Å². The molecule has 0 radical (unpaired) electrons. The average Bonchev–Trinajstić information content (AvgIpc) is 2.01. The molecule has 0 heterocycles. The number of rotatable bonds is 1. The molecular formula is C10H19NO2. The third-order valence-corrected chi connectivity index (χ3v) is 3.04. The van der Waals surface area contributed by atoms with Crippen molar-refractivity contribution in [2.75, 3.05) is 7.11 Å². The Kier molecular flexibility index (Phi) is 2.96. The second-order valence-corrected chi connectivity index (χ2v) is 4.61. The Labute approximate surface area is 79.6 Å². The summed E-state index contributed by atoms with van der Waals surface area (Å²) in [5.74, 6) is -0.0609. The molecule has 1 aliphatic carbocycles. The summed E-state index contributed by atoms with van der Waals surface area (Å²) in [7, 11) is 1.45. The molecule has 13 heavy (non-hydrogen) atoms. The van der Waals surface area contributed by atoms with Gasteiger partial charge in [-0.2, -0.15) is 0 Å². The Bertz CT molecular complexity index is 201. The zero-order valence-corrected chi connectivity index (χ0v) is 8.67. The summed E-state index contributed by atoms with van der Waals surface area (Å²) in [6.07, 6.45) is 2.71. The van der Waals surface area contributed by atoms with Gasteiger partial charge in [-0.05, 0) is 24.7 Å². The molecule has 0 amide bonds. The fraction of sp³-hybridized carbons (Fsp3) is 0.900. The second kappa shape index (κ2) is 3.66. The number of nitrogens with two attached hydrogens (primary N) is 1. The minimum absolute atomic E-state index is 0.00917. The lowest BCUT2D eigenvalue weighted by Gasteiger charge is -2.39. The van der Waals surface area contributed by atoms with Crippen molar-refractivity contribution in [3.8, 4) is 0 Å². The first-order chi connectivity index (χ1) is 5.97. The van der Waals surface area contributed by atoms with Gasteiger partial charge in [0.15, 0.2) is 0 Å². The van der Waals surface area contributed by atoms with E-state index < -0.39 is 0 Å². The van der Waals surface area contributed by atoms with Crippen LogP contribution in [0.25, 0.3) is 0 Å². The summed E-state index contributed by atoms with van der Waals surface area (Å²) < 4.78 is 4.78. The molecule has 1 saturated carbocycles. The predicted octanol–water partition coefficient (Wildman–Crippen LogP) is 1.31. The molecule has 0 aromatic rings. The van der Waals surface area contributed by atoms with Gasteiger partial charge >= 0.3 is 5.97 Å². The first-order valence-electron chi connectivity index (χ1n) is 4.81. The number of hydrogen-bond donors (Lipinski definition) is 1. The molecule has 0 unspecified atom stereocenters. The molecule has 1 aliphatic rings. The summed E-state index contributed by atoms with van der Waals surface area (Å²) >= 11 is 0. The molecule has 2 N–H and O–H groups in total. The van der Waals surface area contributed by atoms with Gasteiger partial charge in [-0.15, -0.1) is 0 Å². The van der Waals surface area contributed by atoms with Gasteiger partial charge in [-0.1, -0.05) is 13.8 Å². The third kappa shape index (κ3) is 2.21. The summed E-state index contributed by atoms with van der Waals surface area (Å²) in [6, 6.07) is 0.246. The standard InChI is InChI=1S/C10H19NO2/c1-10(2)6-7(11)4-5-8(10)9(12)13-3/h7-8H,4-6,11H2,1-3H3/t7-,8-/m0/s1. The molecule has 0 saturated heterocycles. The van der Waals surface area contributed by atoms with Gasteiger partial charge in [-0.25, -0.2) is 0 Å². The Hall–Kier alpha value is -0.570. The molecule has 1 rings (SSSR count). The van der Waals surface area contributed by atoms with Crippen molar-refractivity contribution in [1.82, 2.24) is 0 Å². The summed E-state index contributed by atoms with van der Waals surface area (Å²) in [4.78, 5) is 11.4. The first-order valence-corrected chi connectivity index (χ1v) is 4.81. The molecule has 3 nitrogen and oxygen atoms in total. The molecule has 76 valence electrons. The van der Waals surface area contributed by atoms with Crippen LogP contribution in [0, 0.1) is 11.3 Å². The molecule has 1 fully saturated rings. The van der Waals surface area contributed by atoms with Crippen LogP contribution in [-0.4, -0.2) is 19.1 Å². The van der Waals surface area contributed by atoms with E-state index >= 15 is 0 Å². The highest BCUT2D eigenvalue weighted by atomic mass is 16.5. The average molecular weight is 185 g/mol. The van der Waals surface area contributed by atoms with Crippen molar-refractivity contribution in [2.24, 2.45) is 17.1 Å². The van der Waals surface area contributed by atoms with Crippen LogP contribution >= 0.6 is 0 Å². The zero-order chi connectivity index (χ0) is 10.1. The fourth-order valence-corrected chi connectivity index (χ4v) is 2.27. The highest BCUT2D eigenvalue weighted by Crippen LogP contribution is 2.40. The van der Waals surface area contributed by atoms with Crippen LogP contribution in [0.4, 0.5) is 0 Å². The molecule has 3 heteroatoms. The zero-order valence-electron chi connectivity index (χ0n) is 8.67. The Morgan fingerprint density at radius 2 is 2.08 bits per heavy atom. The molecule has 0 aromatic carbocycles. The maximum Gasteiger partial charge on any atom is 0.309 e. The molecule has 0 aromatic heterocycles. The number of esters is 1. The Morgan fingerprint density at radius 3 is 2.54 bits per heavy atom. The van der Waals surface area contributed by atoms with Crippen molar-refractivity contribution in [2.45, 2.75) is 39.2 Å². The van der Waals surface area contributed by atoms with Gasteiger partial charge < -0.3 is 10.5 Å². The van der Waals surface area contributed by atoms with Gasteiger partial charge in [-0.3, -0.25) is 4.79 Å². The van der Waals surface area contributed by atoms with E-state index in [2.05, 4.69) is 13.8 Å². The van der Waals surface area contributed by atoms with E-state index in [1.165, 1.54) is 7.11 Å². The molecule has 0 spiro atoms. The van der Waals surface area contributed by atoms with Crippen LogP contribution in [0.3, 0.4) is 0 Å². The van der Waals surface area contributed by atoms with Gasteiger partial charge in [0.05, 0.1) is 13.0 Å². The van der Waals surface area contributed by atoms with Gasteiger partial charge in [0.2, 0.25) is 0 Å². The Morgan fingerprint density at radius 1 is 1.46 bits per heavy atom. The topological polar surface area (TPSA) is 52.3 Å². The summed E-state index contributed by atoms with van der Waals surface area (Å²) in [5, 5.41) is 0. The lowest BCUT2D eigenvalue weighted by Crippen LogP contribution is -2.42. The molecule has 0 aliphatic heterocycles. The minimum Gasteiger partial charge on any atom is -0.469 e. The van der Waals surface area contributed by atoms with E-state index in [0.29, 0.717) is 0 Å². The SMILES string of the molecule is COC(=O)[C@@H]1CC[C@H](N)CC1(C)C. The summed E-state index contributed by atoms with van der Waals surface area (Å²) in [6.45, 7) is 4.18. The van der Waals surface area contributed by atoms with E-state index in [4.69, 9.17) is 10.5 Å². The first kappa shape index (κ1) is 10.5. The van der Waals surface area contributed by atoms with E-state index in [9.17, 15) is 4.79 Å². The number of hydrogen-bond acceptors (Lipinski definition) is 3. The maximum atomic E-state index is 11.4. The molecular weight excluding hydrogens is 166 g/mol. The van der Waals surface area contributed by atoms with Crippen molar-refractivity contribution in [3.05, 3.63) is 0 Å². The van der Waals surface area contributed by atoms with E-state index in [-0.39, 0.29) is 23.3 Å². The number of carbonyl (C=O) groups is 1. The van der Waals surface area contributed by atoms with Gasteiger partial charge in [0.25, 0.3) is 0 Å². The van der Waals surface area contributed by atoms with Crippen LogP contribution < -0.4 is 5.73 Å². The van der Waals surface area contributed by atoms with E-state index in [0.717, 1.165) is 19.3 Å². The fourth-order valence-electron chi connectivity index (χ4n) is 2.27. The van der Waals surface area contributed by atoms with E-state index in [1.54, 1.807) is 0 Å². The van der Waals surface area contributed by atoms with Crippen LogP contribution in [0.1, 0.15) is 33.1 Å². The van der Waals surface area contributed by atoms with Crippen molar-refractivity contribution in [3.63, 3.8) is 0 Å². The highest BCUT2D eigenvalue weighted by Gasteiger charge is 2.40. The lowest BCUT2D eigenvalue weighted by molar-refractivity contribution is -0.151. The third-order valence-electron chi connectivity index (χ3n) is 3.04. The van der Waals surface area contributed by atoms with Crippen molar-refractivity contribution < 1.29 is 9.53 Å². The Balaban J connectivity index is 2.69. The van der Waals surface area contributed by atoms with Crippen LogP contribution in [0.15, 0.2) is 0 Å². The monoisotopic (exact) mass is 185 g/mol. The molecule has 2 atom stereocenters. The van der Waals surface area contributed by atoms with Crippen molar-refractivity contribution >= 4 is 5.97 Å². The number of methoxy groups -OCH3 is 1. The number of ether oxygens (including phenoxy) is 1. The predicted molar refractivity (Wildman–Crippen MR) is 51.1 cm³/mol.